The van der Waals surface area contributed by atoms with E-state index in [0.717, 1.165) is 0 Å². The highest BCUT2D eigenvalue weighted by atomic mass is 16.2. The van der Waals surface area contributed by atoms with Crippen molar-refractivity contribution in [3.8, 4) is 0 Å². The van der Waals surface area contributed by atoms with E-state index in [0.29, 0.717) is 6.54 Å². The van der Waals surface area contributed by atoms with Crippen LogP contribution in [0.1, 0.15) is 6.92 Å². The third-order valence-corrected chi connectivity index (χ3v) is 0.946. The Bertz CT molecular complexity index is 91.7. The SMILES string of the molecule is CC1NCC(=O)N1. The number of carbonyl (C=O) groups is 1. The zero-order valence-electron chi connectivity index (χ0n) is 4.19. The Hall–Kier alpha value is -0.570. The molecule has 0 aromatic carbocycles. The van der Waals surface area contributed by atoms with Crippen LogP contribution in [0.4, 0.5) is 0 Å². The Morgan fingerprint density at radius 3 is 2.71 bits per heavy atom. The lowest BCUT2D eigenvalue weighted by atomic mass is 10.6. The highest BCUT2D eigenvalue weighted by molar-refractivity contribution is 5.80. The zero-order chi connectivity index (χ0) is 5.28. The molecule has 1 rings (SSSR count). The molecule has 1 saturated heterocycles. The minimum Gasteiger partial charge on any atom is -0.340 e. The van der Waals surface area contributed by atoms with Gasteiger partial charge in [0.05, 0.1) is 12.7 Å². The van der Waals surface area contributed by atoms with Crippen LogP contribution in [-0.2, 0) is 4.79 Å². The van der Waals surface area contributed by atoms with E-state index in [2.05, 4.69) is 10.6 Å². The van der Waals surface area contributed by atoms with Gasteiger partial charge in [0.25, 0.3) is 0 Å². The fourth-order valence-electron chi connectivity index (χ4n) is 0.589. The molecule has 1 unspecified atom stereocenters. The van der Waals surface area contributed by atoms with Gasteiger partial charge < -0.3 is 5.32 Å². The topological polar surface area (TPSA) is 41.1 Å². The van der Waals surface area contributed by atoms with Gasteiger partial charge in [0.15, 0.2) is 0 Å². The molecule has 0 aromatic heterocycles. The molecule has 3 nitrogen and oxygen atoms in total. The van der Waals surface area contributed by atoms with Crippen LogP contribution in [0.5, 0.6) is 0 Å². The van der Waals surface area contributed by atoms with Crippen molar-refractivity contribution in [2.45, 2.75) is 13.1 Å². The first kappa shape index (κ1) is 4.59. The minimum atomic E-state index is 0.0903. The first-order chi connectivity index (χ1) is 3.29. The second-order valence-corrected chi connectivity index (χ2v) is 1.67. The van der Waals surface area contributed by atoms with E-state index < -0.39 is 0 Å². The molecule has 1 aliphatic heterocycles. The maximum absolute atomic E-state index is 10.3. The second-order valence-electron chi connectivity index (χ2n) is 1.67. The van der Waals surface area contributed by atoms with Crippen LogP contribution in [0, 0.1) is 0 Å². The van der Waals surface area contributed by atoms with E-state index in [9.17, 15) is 4.79 Å². The molecule has 1 heterocycles. The molecule has 1 fully saturated rings. The average molecular weight is 100 g/mol. The summed E-state index contributed by atoms with van der Waals surface area (Å²) in [6, 6.07) is 0. The Morgan fingerprint density at radius 1 is 1.86 bits per heavy atom. The quantitative estimate of drug-likeness (QED) is 0.412. The average Bonchev–Trinajstić information content (AvgIpc) is 1.87. The number of amides is 1. The second kappa shape index (κ2) is 1.50. The normalized spacial score (nSPS) is 30.4. The van der Waals surface area contributed by atoms with Gasteiger partial charge in [0.2, 0.25) is 5.91 Å². The highest BCUT2D eigenvalue weighted by Crippen LogP contribution is 1.81. The van der Waals surface area contributed by atoms with Gasteiger partial charge in [-0.25, -0.2) is 0 Å². The number of carbonyl (C=O) groups excluding carboxylic acids is 1. The molecule has 0 spiro atoms. The van der Waals surface area contributed by atoms with Gasteiger partial charge in [-0.15, -0.1) is 0 Å². The van der Waals surface area contributed by atoms with Gasteiger partial charge in [-0.05, 0) is 6.92 Å². The molecule has 1 amide bonds. The van der Waals surface area contributed by atoms with Crippen molar-refractivity contribution >= 4 is 5.91 Å². The van der Waals surface area contributed by atoms with E-state index >= 15 is 0 Å². The molecule has 40 valence electrons. The van der Waals surface area contributed by atoms with Crippen LogP contribution in [-0.4, -0.2) is 18.6 Å². The van der Waals surface area contributed by atoms with E-state index in [4.69, 9.17) is 0 Å². The zero-order valence-corrected chi connectivity index (χ0v) is 4.19. The van der Waals surface area contributed by atoms with Crippen LogP contribution < -0.4 is 10.6 Å². The number of rotatable bonds is 0. The van der Waals surface area contributed by atoms with E-state index in [-0.39, 0.29) is 12.1 Å². The Kier molecular flexibility index (Phi) is 0.982. The van der Waals surface area contributed by atoms with E-state index in [1.165, 1.54) is 0 Å². The highest BCUT2D eigenvalue weighted by Gasteiger charge is 2.13. The van der Waals surface area contributed by atoms with Gasteiger partial charge in [-0.2, -0.15) is 0 Å². The summed E-state index contributed by atoms with van der Waals surface area (Å²) in [4.78, 5) is 10.3. The summed E-state index contributed by atoms with van der Waals surface area (Å²) in [5.41, 5.74) is 0. The summed E-state index contributed by atoms with van der Waals surface area (Å²) in [6.45, 7) is 2.38. The summed E-state index contributed by atoms with van der Waals surface area (Å²) in [5.74, 6) is 0.0903. The van der Waals surface area contributed by atoms with Gasteiger partial charge in [0, 0.05) is 0 Å². The van der Waals surface area contributed by atoms with Crippen LogP contribution in [0.15, 0.2) is 0 Å². The van der Waals surface area contributed by atoms with Gasteiger partial charge >= 0.3 is 0 Å². The Balaban J connectivity index is 2.40. The molecule has 0 aromatic rings. The summed E-state index contributed by atoms with van der Waals surface area (Å²) < 4.78 is 0. The smallest absolute Gasteiger partial charge is 0.235 e. The Labute approximate surface area is 42.1 Å². The van der Waals surface area contributed by atoms with E-state index in [1.54, 1.807) is 0 Å². The maximum Gasteiger partial charge on any atom is 0.235 e. The molecule has 1 atom stereocenters. The summed E-state index contributed by atoms with van der Waals surface area (Å²) >= 11 is 0. The van der Waals surface area contributed by atoms with E-state index in [1.807, 2.05) is 6.92 Å². The van der Waals surface area contributed by atoms with Crippen LogP contribution in [0.2, 0.25) is 0 Å². The monoisotopic (exact) mass is 100 g/mol. The number of nitrogens with one attached hydrogen (secondary N) is 2. The molecule has 7 heavy (non-hydrogen) atoms. The first-order valence-electron chi connectivity index (χ1n) is 2.32. The van der Waals surface area contributed by atoms with Crippen LogP contribution in [0.25, 0.3) is 0 Å². The largest absolute Gasteiger partial charge is 0.340 e. The van der Waals surface area contributed by atoms with Crippen molar-refractivity contribution in [1.82, 2.24) is 10.6 Å². The van der Waals surface area contributed by atoms with Crippen molar-refractivity contribution in [3.63, 3.8) is 0 Å². The summed E-state index contributed by atoms with van der Waals surface area (Å²) in [7, 11) is 0. The van der Waals surface area contributed by atoms with Crippen molar-refractivity contribution < 1.29 is 4.79 Å². The summed E-state index contributed by atoms with van der Waals surface area (Å²) in [5, 5.41) is 5.58. The molecule has 2 N–H and O–H groups in total. The molecule has 0 bridgehead atoms. The minimum absolute atomic E-state index is 0.0903. The standard InChI is InChI=1S/C4H8N2O/c1-3-5-2-4(7)6-3/h3,5H,2H2,1H3,(H,6,7). The lowest BCUT2D eigenvalue weighted by Crippen LogP contribution is -2.27. The van der Waals surface area contributed by atoms with Gasteiger partial charge in [-0.1, -0.05) is 0 Å². The Morgan fingerprint density at radius 2 is 2.57 bits per heavy atom. The molecule has 3 heteroatoms. The molecule has 1 aliphatic rings. The molecule has 0 saturated carbocycles. The molecule has 0 aliphatic carbocycles. The van der Waals surface area contributed by atoms with Gasteiger partial charge in [-0.3, -0.25) is 10.1 Å². The maximum atomic E-state index is 10.3. The van der Waals surface area contributed by atoms with Crippen molar-refractivity contribution in [2.75, 3.05) is 6.54 Å². The fourth-order valence-corrected chi connectivity index (χ4v) is 0.589. The number of hydrogen-bond acceptors (Lipinski definition) is 2. The lowest BCUT2D eigenvalue weighted by molar-refractivity contribution is -0.118. The molecule has 0 radical (unpaired) electrons. The molecular weight excluding hydrogens is 92.1 g/mol. The molecular formula is C4H8N2O. The third-order valence-electron chi connectivity index (χ3n) is 0.946. The third kappa shape index (κ3) is 0.899. The van der Waals surface area contributed by atoms with Crippen molar-refractivity contribution in [2.24, 2.45) is 0 Å². The predicted molar refractivity (Wildman–Crippen MR) is 25.6 cm³/mol. The number of hydrogen-bond donors (Lipinski definition) is 2. The predicted octanol–water partition coefficient (Wildman–Crippen LogP) is -0.948. The lowest BCUT2D eigenvalue weighted by Gasteiger charge is -1.96. The van der Waals surface area contributed by atoms with Crippen molar-refractivity contribution in [1.29, 1.82) is 0 Å². The fraction of sp³-hybridized carbons (Fsp3) is 0.750. The first-order valence-corrected chi connectivity index (χ1v) is 2.32. The van der Waals surface area contributed by atoms with Crippen LogP contribution in [0.3, 0.4) is 0 Å². The van der Waals surface area contributed by atoms with Crippen molar-refractivity contribution in [3.05, 3.63) is 0 Å². The van der Waals surface area contributed by atoms with Gasteiger partial charge in [0.1, 0.15) is 0 Å². The summed E-state index contributed by atoms with van der Waals surface area (Å²) in [6.07, 6.45) is 0.174. The van der Waals surface area contributed by atoms with Crippen LogP contribution >= 0.6 is 0 Å².